The fraction of sp³-hybridized carbons (Fsp3) is 0.743. The van der Waals surface area contributed by atoms with E-state index in [9.17, 15) is 19.5 Å². The van der Waals surface area contributed by atoms with Crippen molar-refractivity contribution in [2.24, 2.45) is 11.8 Å². The lowest BCUT2D eigenvalue weighted by atomic mass is 9.72. The molecule has 5 unspecified atom stereocenters. The Bertz CT molecular complexity index is 1030. The van der Waals surface area contributed by atoms with Gasteiger partial charge in [0.2, 0.25) is 17.7 Å². The number of hydrogen-bond acceptors (Lipinski definition) is 8. The Kier molecular flexibility index (Phi) is 17.8. The third-order valence-corrected chi connectivity index (χ3v) is 8.64. The summed E-state index contributed by atoms with van der Waals surface area (Å²) in [5, 5.41) is 25.4. The predicted octanol–water partition coefficient (Wildman–Crippen LogP) is 3.40. The summed E-state index contributed by atoms with van der Waals surface area (Å²) in [6.45, 7) is 15.3. The molecule has 0 bridgehead atoms. The van der Waals surface area contributed by atoms with Gasteiger partial charge >= 0.3 is 0 Å². The summed E-state index contributed by atoms with van der Waals surface area (Å²) >= 11 is 0. The zero-order chi connectivity index (χ0) is 34.1. The summed E-state index contributed by atoms with van der Waals surface area (Å²) in [6, 6.07) is 9.27. The van der Waals surface area contributed by atoms with Gasteiger partial charge in [-0.3, -0.25) is 34.8 Å². The number of carbonyl (C=O) groups is 3. The molecule has 1 aromatic carbocycles. The number of hydrogen-bond donors (Lipinski definition) is 6. The number of fused-ring (bicyclic) bond motifs is 1. The summed E-state index contributed by atoms with van der Waals surface area (Å²) in [6.07, 6.45) is 9.12. The molecule has 46 heavy (non-hydrogen) atoms. The van der Waals surface area contributed by atoms with Gasteiger partial charge in [0.1, 0.15) is 0 Å². The number of amides is 3. The highest BCUT2D eigenvalue weighted by atomic mass is 16.5. The van der Waals surface area contributed by atoms with Crippen LogP contribution in [0.15, 0.2) is 30.3 Å². The molecule has 1 aromatic rings. The average Bonchev–Trinajstić information content (AvgIpc) is 3.50. The van der Waals surface area contributed by atoms with Crippen LogP contribution in [0.2, 0.25) is 0 Å². The summed E-state index contributed by atoms with van der Waals surface area (Å²) in [7, 11) is 0. The van der Waals surface area contributed by atoms with E-state index >= 15 is 0 Å². The summed E-state index contributed by atoms with van der Waals surface area (Å²) in [5.74, 6) is 0.867. The lowest BCUT2D eigenvalue weighted by Gasteiger charge is -2.47. The van der Waals surface area contributed by atoms with Crippen molar-refractivity contribution in [3.8, 4) is 0 Å². The Morgan fingerprint density at radius 3 is 2.15 bits per heavy atom. The molecule has 11 heteroatoms. The molecule has 0 spiro atoms. The van der Waals surface area contributed by atoms with Crippen LogP contribution < -0.4 is 21.6 Å². The zero-order valence-corrected chi connectivity index (χ0v) is 29.2. The second-order valence-corrected chi connectivity index (χ2v) is 14.2. The van der Waals surface area contributed by atoms with Crippen molar-refractivity contribution in [1.29, 1.82) is 0 Å². The number of β-amino-alcohol motifs (C(OH)–C–C–N with tert-alkyl or cyclic N) is 1. The summed E-state index contributed by atoms with van der Waals surface area (Å²) in [4.78, 5) is 40.1. The molecule has 2 saturated heterocycles. The fourth-order valence-electron chi connectivity index (χ4n) is 6.65. The topological polar surface area (TPSA) is 146 Å². The van der Waals surface area contributed by atoms with Gasteiger partial charge in [0.05, 0.1) is 24.7 Å². The number of nitrogens with zero attached hydrogens (tertiary/aromatic N) is 2. The van der Waals surface area contributed by atoms with E-state index in [1.807, 2.05) is 56.0 Å². The van der Waals surface area contributed by atoms with Crippen molar-refractivity contribution >= 4 is 17.7 Å². The van der Waals surface area contributed by atoms with Crippen molar-refractivity contribution in [2.75, 3.05) is 32.7 Å². The maximum absolute atomic E-state index is 13.2. The molecule has 3 fully saturated rings. The number of rotatable bonds is 10. The number of hydrazine groups is 1. The van der Waals surface area contributed by atoms with Crippen molar-refractivity contribution < 1.29 is 24.7 Å². The van der Waals surface area contributed by atoms with Crippen LogP contribution >= 0.6 is 0 Å². The molecule has 3 aliphatic rings. The molecule has 0 aromatic heterocycles. The van der Waals surface area contributed by atoms with Crippen LogP contribution in [0, 0.1) is 11.8 Å². The lowest BCUT2D eigenvalue weighted by molar-refractivity contribution is -0.133. The first-order chi connectivity index (χ1) is 21.9. The number of aliphatic hydroxyl groups is 1. The highest BCUT2D eigenvalue weighted by Gasteiger charge is 2.41. The first-order valence-electron chi connectivity index (χ1n) is 17.3. The van der Waals surface area contributed by atoms with Gasteiger partial charge < -0.3 is 15.7 Å². The van der Waals surface area contributed by atoms with Crippen LogP contribution in [0.25, 0.3) is 0 Å². The number of likely N-dealkylation sites (tertiary alicyclic amines) is 2. The molecule has 5 atom stereocenters. The first-order valence-corrected chi connectivity index (χ1v) is 17.3. The maximum Gasteiger partial charge on any atom is 0.250 e. The average molecular weight is 647 g/mol. The summed E-state index contributed by atoms with van der Waals surface area (Å²) < 4.78 is 0. The maximum atomic E-state index is 13.2. The van der Waals surface area contributed by atoms with Crippen LogP contribution in [-0.2, 0) is 20.8 Å². The number of carbonyl (C=O) groups excluding carboxylic acids is 3. The van der Waals surface area contributed by atoms with E-state index in [4.69, 9.17) is 5.21 Å². The molecule has 4 rings (SSSR count). The number of benzene rings is 1. The number of aliphatic hydroxyl groups excluding tert-OH is 1. The van der Waals surface area contributed by atoms with Crippen molar-refractivity contribution in [3.63, 3.8) is 0 Å². The van der Waals surface area contributed by atoms with Crippen LogP contribution in [0.5, 0.6) is 0 Å². The van der Waals surface area contributed by atoms with Crippen molar-refractivity contribution in [1.82, 2.24) is 31.4 Å². The van der Waals surface area contributed by atoms with Gasteiger partial charge in [-0.15, -0.1) is 5.59 Å². The highest BCUT2D eigenvalue weighted by molar-refractivity contribution is 5.82. The summed E-state index contributed by atoms with van der Waals surface area (Å²) in [5.41, 5.74) is 4.49. The van der Waals surface area contributed by atoms with E-state index < -0.39 is 12.1 Å². The van der Waals surface area contributed by atoms with Crippen molar-refractivity contribution in [2.45, 2.75) is 123 Å². The lowest BCUT2D eigenvalue weighted by Crippen LogP contribution is -2.60. The van der Waals surface area contributed by atoms with Gasteiger partial charge in [-0.1, -0.05) is 69.9 Å². The number of nitrogens with one attached hydrogen (secondary N) is 4. The fourth-order valence-corrected chi connectivity index (χ4v) is 6.65. The van der Waals surface area contributed by atoms with Crippen molar-refractivity contribution in [3.05, 3.63) is 35.9 Å². The standard InChI is InChI=1S/C26H41N3O3.C6H13N3O2.C3H8/c1-18(30)27-22(14-19-10-6-5-7-11-19)24(31)17-29-16-21-13-9-8-12-20(21)15-23(29)25(32)28-26(2,3)4;10-6(7-8-11)5-9-3-1-2-4-9;1-3-2/h5-7,10-11,20-24,31H,8-9,12-17H2,1-4H3,(H,27,30)(H,28,32);8,11H,1-5H2,(H,7,10);3H2,1-2H3. The predicted molar refractivity (Wildman–Crippen MR) is 182 cm³/mol. The van der Waals surface area contributed by atoms with E-state index in [0.29, 0.717) is 31.3 Å². The quantitative estimate of drug-likeness (QED) is 0.212. The Hall–Kier alpha value is -2.57. The molecule has 3 amide bonds. The second kappa shape index (κ2) is 20.6. The molecule has 1 saturated carbocycles. The van der Waals surface area contributed by atoms with Gasteiger partial charge in [0.15, 0.2) is 0 Å². The van der Waals surface area contributed by atoms with Crippen LogP contribution in [-0.4, -0.2) is 94.3 Å². The molecule has 11 nitrogen and oxygen atoms in total. The highest BCUT2D eigenvalue weighted by Crippen LogP contribution is 2.39. The van der Waals surface area contributed by atoms with Crippen LogP contribution in [0.4, 0.5) is 0 Å². The van der Waals surface area contributed by atoms with E-state index in [-0.39, 0.29) is 29.3 Å². The van der Waals surface area contributed by atoms with E-state index in [1.54, 1.807) is 5.59 Å². The zero-order valence-electron chi connectivity index (χ0n) is 29.2. The minimum Gasteiger partial charge on any atom is -0.390 e. The molecule has 2 heterocycles. The van der Waals surface area contributed by atoms with Crippen LogP contribution in [0.3, 0.4) is 0 Å². The molecule has 0 radical (unpaired) electrons. The molecule has 1 aliphatic carbocycles. The van der Waals surface area contributed by atoms with Gasteiger partial charge in [-0.25, -0.2) is 0 Å². The normalized spacial score (nSPS) is 22.9. The van der Waals surface area contributed by atoms with E-state index in [1.165, 1.54) is 51.9 Å². The monoisotopic (exact) mass is 646 g/mol. The van der Waals surface area contributed by atoms with Gasteiger partial charge in [0.25, 0.3) is 0 Å². The molecule has 2 aliphatic heterocycles. The first kappa shape index (κ1) is 39.6. The van der Waals surface area contributed by atoms with Gasteiger partial charge in [-0.05, 0) is 83.4 Å². The van der Waals surface area contributed by atoms with E-state index in [0.717, 1.165) is 31.6 Å². The van der Waals surface area contributed by atoms with Crippen LogP contribution in [0.1, 0.15) is 98.5 Å². The number of piperidine rings is 1. The minimum absolute atomic E-state index is 0.0489. The molecule has 262 valence electrons. The second-order valence-electron chi connectivity index (χ2n) is 14.2. The Balaban J connectivity index is 0.000000437. The third kappa shape index (κ3) is 14.9. The Labute approximate surface area is 277 Å². The Morgan fingerprint density at radius 2 is 1.59 bits per heavy atom. The SMILES string of the molecule is CC(=O)NC(Cc1ccccc1)C(O)CN1CC2CCCCC2CC1C(=O)NC(C)(C)C.CCC.O=C(CN1CCCC1)NNO. The van der Waals surface area contributed by atoms with Gasteiger partial charge in [0, 0.05) is 25.6 Å². The smallest absolute Gasteiger partial charge is 0.250 e. The largest absolute Gasteiger partial charge is 0.390 e. The molecular formula is C35H62N6O5. The molecule has 6 N–H and O–H groups in total. The van der Waals surface area contributed by atoms with Gasteiger partial charge in [-0.2, -0.15) is 0 Å². The van der Waals surface area contributed by atoms with E-state index in [2.05, 4.69) is 34.8 Å². The third-order valence-electron chi connectivity index (χ3n) is 8.64. The Morgan fingerprint density at radius 1 is 0.978 bits per heavy atom. The minimum atomic E-state index is -0.760. The molecular weight excluding hydrogens is 584 g/mol.